The number of hydrogen-bond donors (Lipinski definition) is 2. The number of carboxylic acid groups (broad SMARTS) is 1. The molecule has 7 heteroatoms. The Morgan fingerprint density at radius 2 is 2.06 bits per heavy atom. The topological polar surface area (TPSA) is 92.2 Å². The molecule has 6 nitrogen and oxygen atoms in total. The first-order valence-electron chi connectivity index (χ1n) is 5.65. The smallest absolute Gasteiger partial charge is 0.303 e. The lowest BCUT2D eigenvalue weighted by molar-refractivity contribution is -0.137. The summed E-state index contributed by atoms with van der Waals surface area (Å²) in [7, 11) is 0. The van der Waals surface area contributed by atoms with Gasteiger partial charge in [-0.05, 0) is 18.0 Å². The number of carbonyl (C=O) groups excluding carboxylic acids is 1. The van der Waals surface area contributed by atoms with Crippen molar-refractivity contribution in [2.24, 2.45) is 0 Å². The second-order valence-corrected chi connectivity index (χ2v) is 5.71. The molecule has 1 aromatic heterocycles. The molecule has 2 N–H and O–H groups in total. The van der Waals surface area contributed by atoms with Gasteiger partial charge in [0.2, 0.25) is 0 Å². The van der Waals surface area contributed by atoms with E-state index >= 15 is 0 Å². The second-order valence-electron chi connectivity index (χ2n) is 4.95. The van der Waals surface area contributed by atoms with Crippen LogP contribution in [0.2, 0.25) is 0 Å². The van der Waals surface area contributed by atoms with E-state index in [1.165, 1.54) is 0 Å². The fourth-order valence-corrected chi connectivity index (χ4v) is 2.14. The van der Waals surface area contributed by atoms with Gasteiger partial charge in [-0.1, -0.05) is 25.3 Å². The molecule has 1 aromatic rings. The van der Waals surface area contributed by atoms with Gasteiger partial charge >= 0.3 is 5.97 Å². The Morgan fingerprint density at radius 3 is 2.61 bits per heavy atom. The van der Waals surface area contributed by atoms with E-state index in [1.54, 1.807) is 0 Å². The van der Waals surface area contributed by atoms with Crippen molar-refractivity contribution in [1.82, 2.24) is 14.9 Å². The summed E-state index contributed by atoms with van der Waals surface area (Å²) in [6.45, 7) is 6.23. The molecule has 1 heterocycles. The average molecular weight is 271 g/mol. The highest BCUT2D eigenvalue weighted by atomic mass is 32.1. The van der Waals surface area contributed by atoms with E-state index in [-0.39, 0.29) is 17.7 Å². The van der Waals surface area contributed by atoms with Crippen LogP contribution in [0.3, 0.4) is 0 Å². The molecule has 1 rings (SSSR count). The molecule has 18 heavy (non-hydrogen) atoms. The third-order valence-corrected chi connectivity index (χ3v) is 2.98. The normalized spacial score (nSPS) is 11.3. The van der Waals surface area contributed by atoms with Gasteiger partial charge in [0.25, 0.3) is 5.91 Å². The second kappa shape index (κ2) is 5.90. The number of nitrogens with zero attached hydrogens (tertiary/aromatic N) is 2. The predicted molar refractivity (Wildman–Crippen MR) is 67.8 cm³/mol. The Hall–Kier alpha value is -1.50. The Morgan fingerprint density at radius 1 is 1.39 bits per heavy atom. The number of aromatic nitrogens is 2. The molecule has 0 saturated carbocycles. The van der Waals surface area contributed by atoms with Gasteiger partial charge in [-0.2, -0.15) is 0 Å². The maximum absolute atomic E-state index is 11.9. The Labute approximate surface area is 110 Å². The van der Waals surface area contributed by atoms with Crippen LogP contribution in [0.5, 0.6) is 0 Å². The zero-order valence-corrected chi connectivity index (χ0v) is 11.5. The van der Waals surface area contributed by atoms with Crippen LogP contribution < -0.4 is 5.32 Å². The molecular weight excluding hydrogens is 254 g/mol. The lowest BCUT2D eigenvalue weighted by Gasteiger charge is -2.16. The summed E-state index contributed by atoms with van der Waals surface area (Å²) < 4.78 is 3.80. The van der Waals surface area contributed by atoms with Crippen molar-refractivity contribution in [2.75, 3.05) is 6.54 Å². The highest BCUT2D eigenvalue weighted by Crippen LogP contribution is 2.25. The predicted octanol–water partition coefficient (Wildman–Crippen LogP) is 1.43. The van der Waals surface area contributed by atoms with E-state index in [0.717, 1.165) is 11.5 Å². The molecule has 0 aliphatic rings. The van der Waals surface area contributed by atoms with E-state index in [1.807, 2.05) is 20.8 Å². The molecule has 0 bridgehead atoms. The van der Waals surface area contributed by atoms with Crippen LogP contribution in [0.25, 0.3) is 0 Å². The molecule has 0 saturated heterocycles. The summed E-state index contributed by atoms with van der Waals surface area (Å²) in [6, 6.07) is 0. The summed E-state index contributed by atoms with van der Waals surface area (Å²) in [5, 5.41) is 15.1. The first-order chi connectivity index (χ1) is 8.32. The van der Waals surface area contributed by atoms with E-state index in [0.29, 0.717) is 23.5 Å². The quantitative estimate of drug-likeness (QED) is 0.790. The highest BCUT2D eigenvalue weighted by molar-refractivity contribution is 7.08. The molecule has 100 valence electrons. The molecule has 0 spiro atoms. The highest BCUT2D eigenvalue weighted by Gasteiger charge is 2.25. The number of aliphatic carboxylic acids is 1. The van der Waals surface area contributed by atoms with Gasteiger partial charge in [0.1, 0.15) is 4.88 Å². The first kappa shape index (κ1) is 14.6. The van der Waals surface area contributed by atoms with Crippen LogP contribution in [0.4, 0.5) is 0 Å². The molecule has 0 unspecified atom stereocenters. The maximum Gasteiger partial charge on any atom is 0.303 e. The van der Waals surface area contributed by atoms with Crippen molar-refractivity contribution in [3.05, 3.63) is 10.6 Å². The van der Waals surface area contributed by atoms with Crippen LogP contribution in [-0.2, 0) is 10.2 Å². The van der Waals surface area contributed by atoms with Gasteiger partial charge in [-0.15, -0.1) is 5.10 Å². The standard InChI is InChI=1S/C11H17N3O3S/c1-11(2,3)9-8(18-14-13-9)10(17)12-6-4-5-7(15)16/h4-6H2,1-3H3,(H,12,17)(H,15,16). The monoisotopic (exact) mass is 271 g/mol. The van der Waals surface area contributed by atoms with Gasteiger partial charge in [-0.25, -0.2) is 0 Å². The summed E-state index contributed by atoms with van der Waals surface area (Å²) in [5.41, 5.74) is 0.434. The van der Waals surface area contributed by atoms with Gasteiger partial charge in [0.05, 0.1) is 5.69 Å². The average Bonchev–Trinajstić information content (AvgIpc) is 2.72. The van der Waals surface area contributed by atoms with Crippen LogP contribution in [0, 0.1) is 0 Å². The van der Waals surface area contributed by atoms with Crippen molar-refractivity contribution in [2.45, 2.75) is 39.0 Å². The molecule has 0 radical (unpaired) electrons. The third kappa shape index (κ3) is 4.06. The Balaban J connectivity index is 2.57. The summed E-state index contributed by atoms with van der Waals surface area (Å²) in [5.74, 6) is -1.10. The van der Waals surface area contributed by atoms with E-state index < -0.39 is 5.97 Å². The van der Waals surface area contributed by atoms with Crippen LogP contribution >= 0.6 is 11.5 Å². The number of rotatable bonds is 5. The lowest BCUT2D eigenvalue weighted by atomic mass is 9.91. The Kier molecular flexibility index (Phi) is 4.77. The zero-order valence-electron chi connectivity index (χ0n) is 10.7. The van der Waals surface area contributed by atoms with Crippen molar-refractivity contribution in [3.63, 3.8) is 0 Å². The molecule has 0 aliphatic carbocycles. The molecule has 1 amide bonds. The number of carbonyl (C=O) groups is 2. The minimum atomic E-state index is -0.862. The zero-order chi connectivity index (χ0) is 13.8. The fourth-order valence-electron chi connectivity index (χ4n) is 1.35. The van der Waals surface area contributed by atoms with Crippen molar-refractivity contribution in [1.29, 1.82) is 0 Å². The number of amides is 1. The summed E-state index contributed by atoms with van der Waals surface area (Å²) in [4.78, 5) is 22.7. The van der Waals surface area contributed by atoms with E-state index in [4.69, 9.17) is 5.11 Å². The summed E-state index contributed by atoms with van der Waals surface area (Å²) in [6.07, 6.45) is 0.464. The summed E-state index contributed by atoms with van der Waals surface area (Å²) >= 11 is 1.06. The Bertz CT molecular complexity index is 437. The molecular formula is C11H17N3O3S. The van der Waals surface area contributed by atoms with E-state index in [9.17, 15) is 9.59 Å². The number of hydrogen-bond acceptors (Lipinski definition) is 5. The third-order valence-electron chi connectivity index (χ3n) is 2.26. The van der Waals surface area contributed by atoms with Crippen molar-refractivity contribution in [3.8, 4) is 0 Å². The molecule has 0 fully saturated rings. The van der Waals surface area contributed by atoms with Crippen molar-refractivity contribution < 1.29 is 14.7 Å². The molecule has 0 atom stereocenters. The SMILES string of the molecule is CC(C)(C)c1nnsc1C(=O)NCCCC(=O)O. The van der Waals surface area contributed by atoms with Gasteiger partial charge in [0, 0.05) is 18.4 Å². The maximum atomic E-state index is 11.9. The van der Waals surface area contributed by atoms with Crippen LogP contribution in [0.15, 0.2) is 0 Å². The van der Waals surface area contributed by atoms with Gasteiger partial charge in [-0.3, -0.25) is 9.59 Å². The van der Waals surface area contributed by atoms with Gasteiger partial charge in [0.15, 0.2) is 0 Å². The largest absolute Gasteiger partial charge is 0.481 e. The minimum absolute atomic E-state index is 0.0490. The van der Waals surface area contributed by atoms with Gasteiger partial charge < -0.3 is 10.4 Å². The van der Waals surface area contributed by atoms with Crippen LogP contribution in [0.1, 0.15) is 49.0 Å². The van der Waals surface area contributed by atoms with Crippen molar-refractivity contribution >= 4 is 23.4 Å². The van der Waals surface area contributed by atoms with E-state index in [2.05, 4.69) is 14.9 Å². The number of nitrogens with one attached hydrogen (secondary N) is 1. The fraction of sp³-hybridized carbons (Fsp3) is 0.636. The molecule has 0 aromatic carbocycles. The van der Waals surface area contributed by atoms with Crippen LogP contribution in [-0.4, -0.2) is 33.1 Å². The first-order valence-corrected chi connectivity index (χ1v) is 6.42. The lowest BCUT2D eigenvalue weighted by Crippen LogP contribution is -2.27. The number of carboxylic acids is 1. The minimum Gasteiger partial charge on any atom is -0.481 e. The molecule has 0 aliphatic heterocycles.